The van der Waals surface area contributed by atoms with Gasteiger partial charge in [-0.3, -0.25) is 9.69 Å². The van der Waals surface area contributed by atoms with Crippen molar-refractivity contribution in [1.29, 1.82) is 0 Å². The molecule has 4 rings (SSSR count). The van der Waals surface area contributed by atoms with E-state index < -0.39 is 0 Å². The van der Waals surface area contributed by atoms with Gasteiger partial charge in [0.2, 0.25) is 0 Å². The number of hydrogen-bond donors (Lipinski definition) is 1. The highest BCUT2D eigenvalue weighted by Crippen LogP contribution is 2.30. The molecule has 2 fully saturated rings. The molecular weight excluding hydrogens is 410 g/mol. The summed E-state index contributed by atoms with van der Waals surface area (Å²) in [6.07, 6.45) is 2.78. The number of rotatable bonds is 7. The number of aryl methyl sites for hydroxylation is 2. The Hall–Kier alpha value is -1.93. The van der Waals surface area contributed by atoms with E-state index in [-0.39, 0.29) is 11.9 Å². The van der Waals surface area contributed by atoms with Gasteiger partial charge in [0.1, 0.15) is 5.03 Å². The Labute approximate surface area is 188 Å². The quantitative estimate of drug-likeness (QED) is 0.711. The van der Waals surface area contributed by atoms with Crippen molar-refractivity contribution in [3.8, 4) is 0 Å². The minimum atomic E-state index is -0.0726. The van der Waals surface area contributed by atoms with Gasteiger partial charge in [-0.25, -0.2) is 4.98 Å². The molecule has 1 aromatic carbocycles. The lowest BCUT2D eigenvalue weighted by atomic mass is 9.96. The predicted molar refractivity (Wildman–Crippen MR) is 122 cm³/mol. The Kier molecular flexibility index (Phi) is 7.61. The third-order valence-electron chi connectivity index (χ3n) is 6.20. The zero-order chi connectivity index (χ0) is 21.6. The molecule has 2 saturated heterocycles. The van der Waals surface area contributed by atoms with E-state index in [2.05, 4.69) is 47.2 Å². The van der Waals surface area contributed by atoms with Crippen molar-refractivity contribution in [2.45, 2.75) is 36.2 Å². The van der Waals surface area contributed by atoms with Crippen LogP contribution in [0.1, 0.15) is 27.9 Å². The maximum absolute atomic E-state index is 13.1. The molecule has 1 N–H and O–H groups in total. The fourth-order valence-electron chi connectivity index (χ4n) is 4.19. The summed E-state index contributed by atoms with van der Waals surface area (Å²) >= 11 is 1.53. The third-order valence-corrected chi connectivity index (χ3v) is 7.21. The monoisotopic (exact) mass is 441 g/mol. The molecule has 6 nitrogen and oxygen atoms in total. The van der Waals surface area contributed by atoms with Gasteiger partial charge in [-0.15, -0.1) is 0 Å². The number of nitrogens with zero attached hydrogens (tertiary/aromatic N) is 2. The number of amides is 1. The van der Waals surface area contributed by atoms with Gasteiger partial charge in [0, 0.05) is 49.3 Å². The SMILES string of the molecule is Cc1ccc(Sc2ncccc2C(=O)NCC(C2CCOC2)N2CCOCC2)cc1C. The zero-order valence-corrected chi connectivity index (χ0v) is 19.1. The van der Waals surface area contributed by atoms with Gasteiger partial charge in [0.15, 0.2) is 0 Å². The predicted octanol–water partition coefficient (Wildman–Crippen LogP) is 3.32. The van der Waals surface area contributed by atoms with Crippen LogP contribution >= 0.6 is 11.8 Å². The number of nitrogens with one attached hydrogen (secondary N) is 1. The molecule has 0 radical (unpaired) electrons. The summed E-state index contributed by atoms with van der Waals surface area (Å²) in [6, 6.07) is 10.3. The van der Waals surface area contributed by atoms with Crippen LogP contribution in [0.5, 0.6) is 0 Å². The summed E-state index contributed by atoms with van der Waals surface area (Å²) < 4.78 is 11.2. The molecule has 1 aromatic heterocycles. The number of ether oxygens (including phenoxy) is 2. The maximum Gasteiger partial charge on any atom is 0.254 e. The molecule has 1 amide bonds. The second-order valence-electron chi connectivity index (χ2n) is 8.25. The molecule has 7 heteroatoms. The summed E-state index contributed by atoms with van der Waals surface area (Å²) in [5, 5.41) is 3.92. The van der Waals surface area contributed by atoms with E-state index >= 15 is 0 Å². The molecule has 0 aliphatic carbocycles. The van der Waals surface area contributed by atoms with Crippen molar-refractivity contribution in [3.05, 3.63) is 53.2 Å². The van der Waals surface area contributed by atoms with Crippen molar-refractivity contribution in [3.63, 3.8) is 0 Å². The lowest BCUT2D eigenvalue weighted by Gasteiger charge is -2.37. The molecule has 3 heterocycles. The molecule has 166 valence electrons. The summed E-state index contributed by atoms with van der Waals surface area (Å²) in [5.41, 5.74) is 3.11. The molecule has 2 aromatic rings. The first-order valence-corrected chi connectivity index (χ1v) is 11.8. The number of carbonyl (C=O) groups excluding carboxylic acids is 1. The molecule has 2 unspecified atom stereocenters. The Balaban J connectivity index is 1.45. The number of hydrogen-bond acceptors (Lipinski definition) is 6. The van der Waals surface area contributed by atoms with Crippen LogP contribution in [0.3, 0.4) is 0 Å². The smallest absolute Gasteiger partial charge is 0.254 e. The largest absolute Gasteiger partial charge is 0.381 e. The summed E-state index contributed by atoms with van der Waals surface area (Å²) in [5.74, 6) is 0.369. The van der Waals surface area contributed by atoms with E-state index in [1.54, 1.807) is 6.20 Å². The van der Waals surface area contributed by atoms with Crippen LogP contribution in [0.4, 0.5) is 0 Å². The number of pyridine rings is 1. The van der Waals surface area contributed by atoms with Gasteiger partial charge in [0.25, 0.3) is 5.91 Å². The fourth-order valence-corrected chi connectivity index (χ4v) is 5.17. The van der Waals surface area contributed by atoms with Gasteiger partial charge in [-0.2, -0.15) is 0 Å². The molecule has 2 aliphatic rings. The van der Waals surface area contributed by atoms with Crippen LogP contribution in [-0.2, 0) is 9.47 Å². The molecular formula is C24H31N3O3S. The van der Waals surface area contributed by atoms with Crippen molar-refractivity contribution < 1.29 is 14.3 Å². The number of morpholine rings is 1. The van der Waals surface area contributed by atoms with Crippen LogP contribution in [0.25, 0.3) is 0 Å². The van der Waals surface area contributed by atoms with E-state index in [9.17, 15) is 4.79 Å². The van der Waals surface area contributed by atoms with Gasteiger partial charge >= 0.3 is 0 Å². The lowest BCUT2D eigenvalue weighted by molar-refractivity contribution is 0.00165. The topological polar surface area (TPSA) is 63.7 Å². The fraction of sp³-hybridized carbons (Fsp3) is 0.500. The van der Waals surface area contributed by atoms with Crippen molar-refractivity contribution in [2.24, 2.45) is 5.92 Å². The van der Waals surface area contributed by atoms with E-state index in [4.69, 9.17) is 9.47 Å². The minimum Gasteiger partial charge on any atom is -0.381 e. The van der Waals surface area contributed by atoms with Crippen LogP contribution in [0, 0.1) is 19.8 Å². The Bertz CT molecular complexity index is 895. The first-order valence-electron chi connectivity index (χ1n) is 11.0. The maximum atomic E-state index is 13.1. The van der Waals surface area contributed by atoms with Crippen molar-refractivity contribution in [2.75, 3.05) is 46.1 Å². The molecule has 31 heavy (non-hydrogen) atoms. The lowest BCUT2D eigenvalue weighted by Crippen LogP contribution is -2.52. The number of carbonyl (C=O) groups is 1. The van der Waals surface area contributed by atoms with E-state index in [1.807, 2.05) is 12.1 Å². The number of benzene rings is 1. The normalized spacial score (nSPS) is 20.5. The van der Waals surface area contributed by atoms with E-state index in [1.165, 1.54) is 22.9 Å². The minimum absolute atomic E-state index is 0.0726. The number of aromatic nitrogens is 1. The van der Waals surface area contributed by atoms with Gasteiger partial charge in [-0.05, 0) is 55.7 Å². The van der Waals surface area contributed by atoms with Crippen LogP contribution < -0.4 is 5.32 Å². The highest BCUT2D eigenvalue weighted by Gasteiger charge is 2.32. The standard InChI is InChI=1S/C24H31N3O3S/c1-17-5-6-20(14-18(17)2)31-24-21(4-3-8-25-24)23(28)26-15-22(19-7-11-30-16-19)27-9-12-29-13-10-27/h3-6,8,14,19,22H,7,9-13,15-16H2,1-2H3,(H,26,28). The highest BCUT2D eigenvalue weighted by molar-refractivity contribution is 7.99. The van der Waals surface area contributed by atoms with Crippen LogP contribution in [-0.4, -0.2) is 67.9 Å². The van der Waals surface area contributed by atoms with Crippen LogP contribution in [0.15, 0.2) is 46.5 Å². The van der Waals surface area contributed by atoms with Gasteiger partial charge in [0.05, 0.1) is 25.4 Å². The van der Waals surface area contributed by atoms with Crippen LogP contribution in [0.2, 0.25) is 0 Å². The molecule has 0 spiro atoms. The van der Waals surface area contributed by atoms with E-state index in [0.29, 0.717) is 18.0 Å². The average molecular weight is 442 g/mol. The highest BCUT2D eigenvalue weighted by atomic mass is 32.2. The summed E-state index contributed by atoms with van der Waals surface area (Å²) in [7, 11) is 0. The van der Waals surface area contributed by atoms with Gasteiger partial charge < -0.3 is 14.8 Å². The molecule has 0 saturated carbocycles. The second-order valence-corrected chi connectivity index (χ2v) is 9.32. The second kappa shape index (κ2) is 10.6. The van der Waals surface area contributed by atoms with Gasteiger partial charge in [-0.1, -0.05) is 17.8 Å². The summed E-state index contributed by atoms with van der Waals surface area (Å²) in [4.78, 5) is 21.2. The molecule has 2 atom stereocenters. The average Bonchev–Trinajstić information content (AvgIpc) is 3.32. The first-order chi connectivity index (χ1) is 15.1. The van der Waals surface area contributed by atoms with E-state index in [0.717, 1.165) is 55.9 Å². The molecule has 2 aliphatic heterocycles. The van der Waals surface area contributed by atoms with Crippen molar-refractivity contribution >= 4 is 17.7 Å². The Morgan fingerprint density at radius 1 is 1.19 bits per heavy atom. The Morgan fingerprint density at radius 2 is 2.03 bits per heavy atom. The Morgan fingerprint density at radius 3 is 2.77 bits per heavy atom. The zero-order valence-electron chi connectivity index (χ0n) is 18.3. The first kappa shape index (κ1) is 22.3. The summed E-state index contributed by atoms with van der Waals surface area (Å²) in [6.45, 7) is 9.67. The molecule has 0 bridgehead atoms. The third kappa shape index (κ3) is 5.66. The van der Waals surface area contributed by atoms with Crippen molar-refractivity contribution in [1.82, 2.24) is 15.2 Å².